The molecule has 3 rings (SSSR count). The lowest BCUT2D eigenvalue weighted by Gasteiger charge is -2.16. The van der Waals surface area contributed by atoms with Crippen molar-refractivity contribution in [1.82, 2.24) is 10.2 Å². The zero-order valence-electron chi connectivity index (χ0n) is 14.2. The van der Waals surface area contributed by atoms with Crippen molar-refractivity contribution in [2.24, 2.45) is 0 Å². The summed E-state index contributed by atoms with van der Waals surface area (Å²) in [7, 11) is 0. The lowest BCUT2D eigenvalue weighted by molar-refractivity contribution is 0.0672. The number of fused-ring (bicyclic) bond motifs is 1. The molecule has 1 heterocycles. The van der Waals surface area contributed by atoms with Crippen LogP contribution < -0.4 is 5.32 Å². The van der Waals surface area contributed by atoms with Gasteiger partial charge < -0.3 is 5.32 Å². The van der Waals surface area contributed by atoms with Gasteiger partial charge in [0.2, 0.25) is 0 Å². The smallest absolute Gasteiger partial charge is 0.261 e. The fourth-order valence-electron chi connectivity index (χ4n) is 2.91. The van der Waals surface area contributed by atoms with E-state index in [0.29, 0.717) is 11.1 Å². The molecule has 0 bridgehead atoms. The molecule has 0 saturated carbocycles. The van der Waals surface area contributed by atoms with Crippen LogP contribution in [0.2, 0.25) is 0 Å². The summed E-state index contributed by atoms with van der Waals surface area (Å²) in [6.07, 6.45) is 1.49. The van der Waals surface area contributed by atoms with Crippen LogP contribution in [0.3, 0.4) is 0 Å². The van der Waals surface area contributed by atoms with Gasteiger partial charge in [-0.25, -0.2) is 0 Å². The van der Waals surface area contributed by atoms with Crippen molar-refractivity contribution < 1.29 is 14.4 Å². The Morgan fingerprint density at radius 3 is 2.58 bits per heavy atom. The average Bonchev–Trinajstić information content (AvgIpc) is 2.87. The second-order valence-corrected chi connectivity index (χ2v) is 6.84. The minimum atomic E-state index is -0.404. The number of nitrogens with zero attached hydrogens (tertiary/aromatic N) is 1. The number of halogens is 1. The number of imide groups is 1. The molecule has 0 radical (unpaired) electrons. The Morgan fingerprint density at radius 2 is 1.88 bits per heavy atom. The summed E-state index contributed by atoms with van der Waals surface area (Å²) in [5.74, 6) is -1.07. The fraction of sp³-hybridized carbons (Fsp3) is 0.150. The van der Waals surface area contributed by atoms with Gasteiger partial charge in [-0.15, -0.1) is 6.58 Å². The molecule has 132 valence electrons. The van der Waals surface area contributed by atoms with Gasteiger partial charge in [-0.3, -0.25) is 19.3 Å². The highest BCUT2D eigenvalue weighted by Gasteiger charge is 2.35. The predicted octanol–water partition coefficient (Wildman–Crippen LogP) is 3.72. The molecule has 6 heteroatoms. The van der Waals surface area contributed by atoms with Crippen LogP contribution in [0.4, 0.5) is 0 Å². The number of benzene rings is 2. The molecule has 26 heavy (non-hydrogen) atoms. The Kier molecular flexibility index (Phi) is 5.04. The Morgan fingerprint density at radius 1 is 1.19 bits per heavy atom. The van der Waals surface area contributed by atoms with E-state index in [0.717, 1.165) is 14.9 Å². The van der Waals surface area contributed by atoms with E-state index in [1.807, 2.05) is 31.2 Å². The molecule has 0 aromatic heterocycles. The summed E-state index contributed by atoms with van der Waals surface area (Å²) in [5.41, 5.74) is 1.85. The van der Waals surface area contributed by atoms with Crippen molar-refractivity contribution in [3.8, 4) is 0 Å². The number of hydrogen-bond acceptors (Lipinski definition) is 3. The van der Waals surface area contributed by atoms with Crippen LogP contribution in [0.25, 0.3) is 0 Å². The Bertz CT molecular complexity index is 923. The van der Waals surface area contributed by atoms with Crippen molar-refractivity contribution in [2.45, 2.75) is 13.0 Å². The third-order valence-electron chi connectivity index (χ3n) is 4.26. The number of rotatable bonds is 5. The first kappa shape index (κ1) is 18.1. The maximum Gasteiger partial charge on any atom is 0.261 e. The normalized spacial score (nSPS) is 14.2. The molecule has 0 fully saturated rings. The van der Waals surface area contributed by atoms with Gasteiger partial charge in [0.1, 0.15) is 0 Å². The molecule has 5 nitrogen and oxygen atoms in total. The van der Waals surface area contributed by atoms with E-state index in [9.17, 15) is 14.4 Å². The summed E-state index contributed by atoms with van der Waals surface area (Å²) in [6.45, 7) is 5.58. The molecule has 2 aromatic rings. The van der Waals surface area contributed by atoms with Crippen LogP contribution in [-0.2, 0) is 0 Å². The Labute approximate surface area is 159 Å². The molecule has 0 unspecified atom stereocenters. The Hall–Kier alpha value is -2.73. The van der Waals surface area contributed by atoms with Crippen molar-refractivity contribution >= 4 is 33.7 Å². The van der Waals surface area contributed by atoms with Crippen molar-refractivity contribution in [2.75, 3.05) is 6.54 Å². The minimum absolute atomic E-state index is 0.146. The largest absolute Gasteiger partial charge is 0.345 e. The topological polar surface area (TPSA) is 66.5 Å². The zero-order chi connectivity index (χ0) is 18.8. The molecule has 1 aliphatic heterocycles. The summed E-state index contributed by atoms with van der Waals surface area (Å²) in [5, 5.41) is 2.91. The lowest BCUT2D eigenvalue weighted by Crippen LogP contribution is -2.29. The van der Waals surface area contributed by atoms with Crippen LogP contribution in [-0.4, -0.2) is 29.2 Å². The molecular weight excluding hydrogens is 396 g/mol. The van der Waals surface area contributed by atoms with Gasteiger partial charge >= 0.3 is 0 Å². The number of carbonyl (C=O) groups is 3. The third-order valence-corrected chi connectivity index (χ3v) is 4.99. The second kappa shape index (κ2) is 7.25. The average molecular weight is 413 g/mol. The summed E-state index contributed by atoms with van der Waals surface area (Å²) in [6, 6.07) is 12.0. The standard InChI is InChI=1S/C20H17BrN2O3/c1-3-10-23-19(25)15-9-8-13(11-16(15)20(23)26)18(24)22-12(2)14-6-4-5-7-17(14)21/h3-9,11-12H,1,10H2,2H3,(H,22,24)/t12-/m0/s1. The lowest BCUT2D eigenvalue weighted by atomic mass is 10.0. The highest BCUT2D eigenvalue weighted by atomic mass is 79.9. The van der Waals surface area contributed by atoms with E-state index in [2.05, 4.69) is 27.8 Å². The van der Waals surface area contributed by atoms with E-state index in [1.165, 1.54) is 18.2 Å². The number of nitrogens with one attached hydrogen (secondary N) is 1. The molecule has 0 saturated heterocycles. The molecule has 0 aliphatic carbocycles. The van der Waals surface area contributed by atoms with Crippen molar-refractivity contribution in [3.05, 3.63) is 81.8 Å². The van der Waals surface area contributed by atoms with Crippen molar-refractivity contribution in [3.63, 3.8) is 0 Å². The molecule has 1 aliphatic rings. The maximum atomic E-state index is 12.6. The molecule has 2 aromatic carbocycles. The summed E-state index contributed by atoms with van der Waals surface area (Å²) >= 11 is 3.47. The van der Waals surface area contributed by atoms with Gasteiger partial charge in [0.15, 0.2) is 0 Å². The molecular formula is C20H17BrN2O3. The van der Waals surface area contributed by atoms with Gasteiger partial charge in [0.25, 0.3) is 17.7 Å². The van der Waals surface area contributed by atoms with Crippen LogP contribution in [0.15, 0.2) is 59.6 Å². The zero-order valence-corrected chi connectivity index (χ0v) is 15.7. The fourth-order valence-corrected chi connectivity index (χ4v) is 3.54. The first-order valence-corrected chi connectivity index (χ1v) is 8.89. The number of amides is 3. The van der Waals surface area contributed by atoms with E-state index in [4.69, 9.17) is 0 Å². The predicted molar refractivity (Wildman–Crippen MR) is 102 cm³/mol. The van der Waals surface area contributed by atoms with Crippen LogP contribution in [0.5, 0.6) is 0 Å². The monoisotopic (exact) mass is 412 g/mol. The van der Waals surface area contributed by atoms with Crippen LogP contribution in [0, 0.1) is 0 Å². The van der Waals surface area contributed by atoms with Gasteiger partial charge in [-0.2, -0.15) is 0 Å². The van der Waals surface area contributed by atoms with E-state index >= 15 is 0 Å². The molecule has 1 atom stereocenters. The van der Waals surface area contributed by atoms with Gasteiger partial charge in [0.05, 0.1) is 17.2 Å². The maximum absolute atomic E-state index is 12.6. The summed E-state index contributed by atoms with van der Waals surface area (Å²) < 4.78 is 0.905. The highest BCUT2D eigenvalue weighted by Crippen LogP contribution is 2.25. The minimum Gasteiger partial charge on any atom is -0.345 e. The quantitative estimate of drug-likeness (QED) is 0.600. The summed E-state index contributed by atoms with van der Waals surface area (Å²) in [4.78, 5) is 38.3. The molecule has 0 spiro atoms. The number of hydrogen-bond donors (Lipinski definition) is 1. The van der Waals surface area contributed by atoms with Gasteiger partial charge in [0, 0.05) is 16.6 Å². The van der Waals surface area contributed by atoms with Crippen molar-refractivity contribution in [1.29, 1.82) is 0 Å². The third kappa shape index (κ3) is 3.20. The van der Waals surface area contributed by atoms with Gasteiger partial charge in [-0.1, -0.05) is 40.2 Å². The number of carbonyl (C=O) groups excluding carboxylic acids is 3. The first-order chi connectivity index (χ1) is 12.4. The first-order valence-electron chi connectivity index (χ1n) is 8.10. The molecule has 1 N–H and O–H groups in total. The highest BCUT2D eigenvalue weighted by molar-refractivity contribution is 9.10. The van der Waals surface area contributed by atoms with E-state index in [1.54, 1.807) is 6.07 Å². The van der Waals surface area contributed by atoms with Gasteiger partial charge in [-0.05, 0) is 36.8 Å². The SMILES string of the molecule is C=CCN1C(=O)c2ccc(C(=O)N[C@@H](C)c3ccccc3Br)cc2C1=O. The van der Waals surface area contributed by atoms with E-state index < -0.39 is 5.91 Å². The van der Waals surface area contributed by atoms with Crippen LogP contribution in [0.1, 0.15) is 49.6 Å². The molecule has 3 amide bonds. The van der Waals surface area contributed by atoms with E-state index in [-0.39, 0.29) is 30.0 Å². The Balaban J connectivity index is 1.83. The second-order valence-electron chi connectivity index (χ2n) is 5.99. The van der Waals surface area contributed by atoms with Crippen LogP contribution >= 0.6 is 15.9 Å².